The first-order chi connectivity index (χ1) is 72.9. The predicted octanol–water partition coefficient (Wildman–Crippen LogP) is 19.8. The van der Waals surface area contributed by atoms with Crippen LogP contribution in [-0.4, -0.2) is 237 Å². The number of hydrogen-bond acceptors (Lipinski definition) is 33. The maximum absolute atomic E-state index is 10.3. The number of aliphatic hydroxyl groups is 2. The van der Waals surface area contributed by atoms with Crippen LogP contribution in [0.5, 0.6) is 0 Å². The van der Waals surface area contributed by atoms with Crippen LogP contribution in [0.1, 0.15) is 233 Å². The summed E-state index contributed by atoms with van der Waals surface area (Å²) in [6.07, 6.45) is 35.1. The maximum atomic E-state index is 10.3. The Hall–Kier alpha value is -12.5. The van der Waals surface area contributed by atoms with Gasteiger partial charge >= 0.3 is 0 Å². The first-order valence-corrected chi connectivity index (χ1v) is 55.5. The molecule has 4 unspecified atom stereocenters. The highest BCUT2D eigenvalue weighted by Crippen LogP contribution is 2.42. The second kappa shape index (κ2) is 48.2. The number of para-hydroxylation sites is 3. The van der Waals surface area contributed by atoms with Crippen molar-refractivity contribution >= 4 is 83.6 Å². The minimum absolute atomic E-state index is 0.202. The second-order valence-electron chi connectivity index (χ2n) is 43.1. The van der Waals surface area contributed by atoms with Crippen LogP contribution in [0.25, 0.3) is 112 Å². The SMILES string of the molecule is Cc1ccc2nc(N3CCC(NC4CCCCC4)CC3)c(-c3nc(C)no3)cc2c1.Cc1ccc2nc(N3CCC(NC4CCCCC4O)CC3)c(-c3nc(C)no3)cc2c1.Cc1noc(-c2cc3ccccc3nc2N2CCC(NC3CCCCC3)CC2)n1.Cc1noc(-c2cc3ccccc3nc2N2CCC(NC3CCCCC3O)CC2)n1.Cc1noc(-c2cc3ccccc3nc2N2CCC(NC3CCOCC3)CC2)n1. The number of anilines is 5. The smallest absolute Gasteiger partial charge is 0.261 e. The van der Waals surface area contributed by atoms with Crippen LogP contribution in [0.4, 0.5) is 29.1 Å². The van der Waals surface area contributed by atoms with Gasteiger partial charge in [-0.2, -0.15) is 24.9 Å². The zero-order valence-corrected chi connectivity index (χ0v) is 87.7. The fourth-order valence-electron chi connectivity index (χ4n) is 23.8. The van der Waals surface area contributed by atoms with Crippen LogP contribution >= 0.6 is 0 Å². The van der Waals surface area contributed by atoms with Gasteiger partial charge in [0.25, 0.3) is 29.5 Å². The number of nitrogens with one attached hydrogen (secondary N) is 5. The van der Waals surface area contributed by atoms with E-state index in [0.717, 1.165) is 312 Å². The van der Waals surface area contributed by atoms with E-state index in [1.54, 1.807) is 0 Å². The van der Waals surface area contributed by atoms with Crippen LogP contribution in [0.3, 0.4) is 0 Å². The number of piperidine rings is 5. The Kier molecular flexibility index (Phi) is 33.1. The summed E-state index contributed by atoms with van der Waals surface area (Å²) in [5.74, 6) is 10.6. The highest BCUT2D eigenvalue weighted by Gasteiger charge is 2.37. The van der Waals surface area contributed by atoms with Crippen molar-refractivity contribution in [2.75, 3.05) is 103 Å². The Morgan fingerprint density at radius 2 is 0.470 bits per heavy atom. The first kappa shape index (κ1) is 102. The number of nitrogens with zero attached hydrogens (tertiary/aromatic N) is 20. The summed E-state index contributed by atoms with van der Waals surface area (Å²) >= 11 is 0. The summed E-state index contributed by atoms with van der Waals surface area (Å²) < 4.78 is 33.1. The van der Waals surface area contributed by atoms with Crippen molar-refractivity contribution < 1.29 is 37.6 Å². The number of aliphatic hydroxyl groups excluding tert-OH is 2. The number of fused-ring (bicyclic) bond motifs is 5. The average molecular weight is 2020 g/mol. The summed E-state index contributed by atoms with van der Waals surface area (Å²) in [6.45, 7) is 24.7. The largest absolute Gasteiger partial charge is 0.392 e. The molecule has 4 saturated carbocycles. The van der Waals surface area contributed by atoms with Crippen LogP contribution in [0.2, 0.25) is 0 Å². The van der Waals surface area contributed by atoms with Crippen molar-refractivity contribution in [3.05, 3.63) is 180 Å². The van der Waals surface area contributed by atoms with E-state index < -0.39 is 0 Å². The molecule has 149 heavy (non-hydrogen) atoms. The van der Waals surface area contributed by atoms with Crippen LogP contribution in [0.15, 0.2) is 162 Å². The molecule has 16 heterocycles. The Balaban J connectivity index is 0.000000109. The molecule has 6 aliphatic heterocycles. The van der Waals surface area contributed by atoms with Gasteiger partial charge in [0, 0.05) is 166 Å². The van der Waals surface area contributed by atoms with Gasteiger partial charge in [-0.1, -0.05) is 168 Å². The molecule has 7 N–H and O–H groups in total. The Bertz CT molecular complexity index is 6770. The van der Waals surface area contributed by atoms with Crippen molar-refractivity contribution in [2.24, 2.45) is 0 Å². The number of pyridine rings is 5. The fourth-order valence-corrected chi connectivity index (χ4v) is 23.8. The molecule has 10 fully saturated rings. The van der Waals surface area contributed by atoms with Crippen molar-refractivity contribution in [2.45, 2.75) is 314 Å². The monoisotopic (exact) mass is 2020 g/mol. The van der Waals surface area contributed by atoms with Crippen molar-refractivity contribution in [1.29, 1.82) is 0 Å². The molecule has 15 aromatic rings. The van der Waals surface area contributed by atoms with Crippen molar-refractivity contribution in [3.8, 4) is 57.3 Å². The van der Waals surface area contributed by atoms with E-state index in [1.165, 1.54) is 88.2 Å². The van der Waals surface area contributed by atoms with Gasteiger partial charge < -0.3 is 88.6 Å². The fraction of sp³-hybridized carbons (Fsp3) is 0.526. The third-order valence-corrected chi connectivity index (χ3v) is 32.0. The summed E-state index contributed by atoms with van der Waals surface area (Å²) in [4.78, 5) is 59.2. The number of hydrogen-bond donors (Lipinski definition) is 7. The van der Waals surface area contributed by atoms with E-state index in [4.69, 9.17) is 52.3 Å². The minimum atomic E-state index is -0.204. The quantitative estimate of drug-likeness (QED) is 0.0372. The molecule has 0 spiro atoms. The molecular weight excluding hydrogens is 1870 g/mol. The molecule has 10 aromatic heterocycles. The Labute approximate surface area is 872 Å². The number of aryl methyl sites for hydroxylation is 7. The zero-order valence-electron chi connectivity index (χ0n) is 87.7. The van der Waals surface area contributed by atoms with Crippen LogP contribution in [-0.2, 0) is 4.74 Å². The molecule has 25 rings (SSSR count). The average Bonchev–Trinajstić information content (AvgIpc) is 1.76. The number of benzene rings is 5. The van der Waals surface area contributed by atoms with Gasteiger partial charge in [-0.25, -0.2) is 24.9 Å². The Morgan fingerprint density at radius 1 is 0.235 bits per heavy atom. The highest BCUT2D eigenvalue weighted by atomic mass is 16.5. The van der Waals surface area contributed by atoms with E-state index in [0.29, 0.717) is 101 Å². The molecule has 33 heteroatoms. The standard InChI is InChI=1S/C24H31N5O2.C24H31N5O.C23H29N5O2.C23H29N5O.C22H27N5O2/c1-15-7-8-20-17(13-15)14-19(24-25-16(2)28-31-24)23(27-20)29-11-9-18(10-12-29)26-21-5-3-4-6-22(21)30;1-16-8-9-22-18(14-16)15-21(24-25-17(2)28-30-24)23(27-22)29-12-10-20(11-13-29)26-19-6-4-3-5-7-19;1-15-24-23(30-27-15)18-14-16-6-2-3-7-19(16)26-22(18)28-12-10-17(11-13-28)25-20-8-4-5-9-21(20)29;1-16-24-23(29-27-16)20-15-17-7-5-6-10-21(17)26-22(20)28-13-11-19(12-14-28)25-18-8-3-2-4-9-18;1-15-23-22(29-26-15)19-14-16-4-2-3-5-20(16)25-21(19)27-10-6-17(7-11-27)24-18-8-12-28-13-9-18/h7-8,13-14,18,21-22,26,30H,3-6,9-12H2,1-2H3;8-9,14-15,19-20,26H,3-7,10-13H2,1-2H3;2-3,6-7,14,17,20-21,25,29H,4-5,8-13H2,1H3;5-7,10,15,18-19,25H,2-4,8-9,11-14H2,1H3;2-5,14,17-18,24H,6-13H2,1H3. The highest BCUT2D eigenvalue weighted by molar-refractivity contribution is 5.93. The lowest BCUT2D eigenvalue weighted by molar-refractivity contribution is 0.0738. The van der Waals surface area contributed by atoms with Crippen molar-refractivity contribution in [3.63, 3.8) is 0 Å². The normalized spacial score (nSPS) is 20.7. The van der Waals surface area contributed by atoms with E-state index in [2.05, 4.69) is 213 Å². The van der Waals surface area contributed by atoms with E-state index in [1.807, 2.05) is 77.1 Å². The third kappa shape index (κ3) is 25.6. The second-order valence-corrected chi connectivity index (χ2v) is 43.1. The third-order valence-electron chi connectivity index (χ3n) is 32.0. The van der Waals surface area contributed by atoms with Gasteiger partial charge in [0.05, 0.1) is 67.6 Å². The molecule has 4 atom stereocenters. The van der Waals surface area contributed by atoms with Crippen LogP contribution in [0, 0.1) is 48.5 Å². The summed E-state index contributed by atoms with van der Waals surface area (Å²) in [5, 5.41) is 65.1. The molecule has 4 aliphatic carbocycles. The van der Waals surface area contributed by atoms with Gasteiger partial charge in [-0.3, -0.25) is 0 Å². The summed E-state index contributed by atoms with van der Waals surface area (Å²) in [6, 6.07) is 53.1. The van der Waals surface area contributed by atoms with Gasteiger partial charge in [0.15, 0.2) is 29.1 Å². The lowest BCUT2D eigenvalue weighted by Crippen LogP contribution is -2.51. The lowest BCUT2D eigenvalue weighted by Gasteiger charge is -2.38. The molecule has 5 aromatic carbocycles. The molecule has 784 valence electrons. The number of rotatable bonds is 20. The lowest BCUT2D eigenvalue weighted by atomic mass is 9.91. The van der Waals surface area contributed by atoms with E-state index in [9.17, 15) is 10.2 Å². The molecular formula is C116H147N25O8. The summed E-state index contributed by atoms with van der Waals surface area (Å²) in [5.41, 5.74) is 12.0. The predicted molar refractivity (Wildman–Crippen MR) is 584 cm³/mol. The number of ether oxygens (including phenoxy) is 1. The molecule has 33 nitrogen and oxygen atoms in total. The van der Waals surface area contributed by atoms with E-state index in [-0.39, 0.29) is 24.3 Å². The minimum Gasteiger partial charge on any atom is -0.392 e. The van der Waals surface area contributed by atoms with Gasteiger partial charge in [0.2, 0.25) is 0 Å². The topological polar surface area (TPSA) is 385 Å². The molecule has 6 saturated heterocycles. The maximum Gasteiger partial charge on any atom is 0.261 e. The zero-order chi connectivity index (χ0) is 102. The summed E-state index contributed by atoms with van der Waals surface area (Å²) in [7, 11) is 0. The molecule has 0 amide bonds. The van der Waals surface area contributed by atoms with Gasteiger partial charge in [-0.15, -0.1) is 0 Å². The molecule has 0 bridgehead atoms. The van der Waals surface area contributed by atoms with Crippen LogP contribution < -0.4 is 51.1 Å². The van der Waals surface area contributed by atoms with Gasteiger partial charge in [-0.05, 0) is 250 Å². The molecule has 0 radical (unpaired) electrons. The van der Waals surface area contributed by atoms with E-state index >= 15 is 0 Å². The van der Waals surface area contributed by atoms with Gasteiger partial charge in [0.1, 0.15) is 29.1 Å². The Morgan fingerprint density at radius 3 is 0.738 bits per heavy atom. The molecule has 10 aliphatic rings. The first-order valence-electron chi connectivity index (χ1n) is 55.5. The number of aromatic nitrogens is 15. The van der Waals surface area contributed by atoms with Crippen molar-refractivity contribution in [1.82, 2.24) is 102 Å².